The zero-order valence-electron chi connectivity index (χ0n) is 17.0. The van der Waals surface area contributed by atoms with Crippen molar-refractivity contribution < 1.29 is 14.3 Å². The Kier molecular flexibility index (Phi) is 5.24. The predicted octanol–water partition coefficient (Wildman–Crippen LogP) is 2.62. The molecular formula is C21H25N5O3. The van der Waals surface area contributed by atoms with E-state index < -0.39 is 0 Å². The maximum absolute atomic E-state index is 12.8. The molecule has 0 spiro atoms. The van der Waals surface area contributed by atoms with Crippen LogP contribution in [0.1, 0.15) is 13.8 Å². The van der Waals surface area contributed by atoms with Gasteiger partial charge in [0, 0.05) is 49.7 Å². The van der Waals surface area contributed by atoms with Gasteiger partial charge in [-0.15, -0.1) is 0 Å². The summed E-state index contributed by atoms with van der Waals surface area (Å²) in [6.45, 7) is 6.60. The van der Waals surface area contributed by atoms with Crippen LogP contribution in [0.5, 0.6) is 11.5 Å². The molecule has 0 radical (unpaired) electrons. The van der Waals surface area contributed by atoms with Crippen molar-refractivity contribution in [2.45, 2.75) is 13.8 Å². The summed E-state index contributed by atoms with van der Waals surface area (Å²) in [5, 5.41) is 5.12. The monoisotopic (exact) mass is 395 g/mol. The SMILES string of the molecule is CCOc1cc2nccc(N3CCN(c4cnn(C)c4)C(=O)C3)c2cc1OCC. The second-order valence-electron chi connectivity index (χ2n) is 6.85. The molecule has 152 valence electrons. The van der Waals surface area contributed by atoms with E-state index in [4.69, 9.17) is 9.47 Å². The number of anilines is 2. The van der Waals surface area contributed by atoms with Gasteiger partial charge in [0.25, 0.3) is 0 Å². The zero-order chi connectivity index (χ0) is 20.4. The number of carbonyl (C=O) groups excluding carboxylic acids is 1. The molecule has 1 aliphatic heterocycles. The van der Waals surface area contributed by atoms with Crippen LogP contribution >= 0.6 is 0 Å². The van der Waals surface area contributed by atoms with Gasteiger partial charge in [-0.1, -0.05) is 0 Å². The van der Waals surface area contributed by atoms with Crippen LogP contribution in [0.3, 0.4) is 0 Å². The maximum atomic E-state index is 12.8. The Hall–Kier alpha value is -3.29. The Bertz CT molecular complexity index is 1030. The van der Waals surface area contributed by atoms with Crippen LogP contribution in [0.25, 0.3) is 10.9 Å². The highest BCUT2D eigenvalue weighted by molar-refractivity contribution is 6.00. The van der Waals surface area contributed by atoms with E-state index in [0.29, 0.717) is 37.8 Å². The zero-order valence-corrected chi connectivity index (χ0v) is 17.0. The van der Waals surface area contributed by atoms with Crippen LogP contribution in [-0.2, 0) is 11.8 Å². The summed E-state index contributed by atoms with van der Waals surface area (Å²) in [4.78, 5) is 21.2. The molecule has 0 bridgehead atoms. The third kappa shape index (κ3) is 3.70. The Balaban J connectivity index is 1.65. The first-order valence-electron chi connectivity index (χ1n) is 9.83. The van der Waals surface area contributed by atoms with E-state index in [1.165, 1.54) is 0 Å². The van der Waals surface area contributed by atoms with Crippen molar-refractivity contribution in [2.75, 3.05) is 42.6 Å². The summed E-state index contributed by atoms with van der Waals surface area (Å²) in [6.07, 6.45) is 5.35. The molecule has 1 aliphatic rings. The minimum Gasteiger partial charge on any atom is -0.490 e. The molecule has 0 aliphatic carbocycles. The van der Waals surface area contributed by atoms with Crippen molar-refractivity contribution >= 4 is 28.2 Å². The number of aryl methyl sites for hydroxylation is 1. The largest absolute Gasteiger partial charge is 0.490 e. The van der Waals surface area contributed by atoms with Gasteiger partial charge >= 0.3 is 0 Å². The molecule has 0 atom stereocenters. The molecule has 3 heterocycles. The molecule has 1 saturated heterocycles. The number of amides is 1. The fourth-order valence-electron chi connectivity index (χ4n) is 3.65. The van der Waals surface area contributed by atoms with E-state index in [0.717, 1.165) is 28.8 Å². The normalized spacial score (nSPS) is 14.5. The summed E-state index contributed by atoms with van der Waals surface area (Å²) >= 11 is 0. The number of pyridine rings is 1. The number of ether oxygens (including phenoxy) is 2. The smallest absolute Gasteiger partial charge is 0.246 e. The van der Waals surface area contributed by atoms with E-state index in [9.17, 15) is 4.79 Å². The van der Waals surface area contributed by atoms with Gasteiger partial charge in [0.15, 0.2) is 11.5 Å². The first-order chi connectivity index (χ1) is 14.1. The van der Waals surface area contributed by atoms with Gasteiger partial charge in [0.05, 0.1) is 37.2 Å². The van der Waals surface area contributed by atoms with Crippen molar-refractivity contribution in [1.29, 1.82) is 0 Å². The third-order valence-corrected chi connectivity index (χ3v) is 4.95. The molecule has 1 fully saturated rings. The van der Waals surface area contributed by atoms with E-state index in [-0.39, 0.29) is 5.91 Å². The maximum Gasteiger partial charge on any atom is 0.246 e. The molecule has 0 unspecified atom stereocenters. The molecule has 1 aromatic carbocycles. The fourth-order valence-corrected chi connectivity index (χ4v) is 3.65. The number of fused-ring (bicyclic) bond motifs is 1. The van der Waals surface area contributed by atoms with Gasteiger partial charge in [0.2, 0.25) is 5.91 Å². The second-order valence-corrected chi connectivity index (χ2v) is 6.85. The highest BCUT2D eigenvalue weighted by atomic mass is 16.5. The Labute approximate surface area is 169 Å². The van der Waals surface area contributed by atoms with E-state index in [1.54, 1.807) is 22.0 Å². The molecule has 4 rings (SSSR count). The number of aromatic nitrogens is 3. The average molecular weight is 395 g/mol. The van der Waals surface area contributed by atoms with Crippen LogP contribution < -0.4 is 19.3 Å². The van der Waals surface area contributed by atoms with Crippen molar-refractivity contribution in [3.05, 3.63) is 36.8 Å². The van der Waals surface area contributed by atoms with Crippen molar-refractivity contribution in [3.8, 4) is 11.5 Å². The van der Waals surface area contributed by atoms with Gasteiger partial charge in [0.1, 0.15) is 0 Å². The number of carbonyl (C=O) groups is 1. The topological polar surface area (TPSA) is 72.7 Å². The number of benzene rings is 1. The number of nitrogens with zero attached hydrogens (tertiary/aromatic N) is 5. The molecule has 8 nitrogen and oxygen atoms in total. The lowest BCUT2D eigenvalue weighted by Crippen LogP contribution is -2.50. The second kappa shape index (κ2) is 7.98. The van der Waals surface area contributed by atoms with Crippen LogP contribution in [-0.4, -0.2) is 53.5 Å². The molecular weight excluding hydrogens is 370 g/mol. The minimum absolute atomic E-state index is 0.0465. The van der Waals surface area contributed by atoms with Crippen LogP contribution in [0, 0.1) is 0 Å². The Morgan fingerprint density at radius 3 is 2.52 bits per heavy atom. The summed E-state index contributed by atoms with van der Waals surface area (Å²) in [5.74, 6) is 1.42. The van der Waals surface area contributed by atoms with Crippen LogP contribution in [0.4, 0.5) is 11.4 Å². The average Bonchev–Trinajstić information content (AvgIpc) is 3.14. The fraction of sp³-hybridized carbons (Fsp3) is 0.381. The van der Waals surface area contributed by atoms with Crippen molar-refractivity contribution in [2.24, 2.45) is 7.05 Å². The first kappa shape index (κ1) is 19.0. The van der Waals surface area contributed by atoms with Gasteiger partial charge in [-0.2, -0.15) is 5.10 Å². The third-order valence-electron chi connectivity index (χ3n) is 4.95. The molecule has 1 amide bonds. The van der Waals surface area contributed by atoms with Gasteiger partial charge in [-0.25, -0.2) is 0 Å². The van der Waals surface area contributed by atoms with Crippen molar-refractivity contribution in [3.63, 3.8) is 0 Å². The summed E-state index contributed by atoms with van der Waals surface area (Å²) in [5.41, 5.74) is 2.62. The van der Waals surface area contributed by atoms with Crippen molar-refractivity contribution in [1.82, 2.24) is 14.8 Å². The Morgan fingerprint density at radius 2 is 1.86 bits per heavy atom. The number of hydrogen-bond donors (Lipinski definition) is 0. The Morgan fingerprint density at radius 1 is 1.10 bits per heavy atom. The van der Waals surface area contributed by atoms with Gasteiger partial charge in [-0.3, -0.25) is 14.5 Å². The van der Waals surface area contributed by atoms with E-state index in [2.05, 4.69) is 15.0 Å². The molecule has 3 aromatic rings. The lowest BCUT2D eigenvalue weighted by molar-refractivity contribution is -0.117. The summed E-state index contributed by atoms with van der Waals surface area (Å²) in [7, 11) is 1.85. The standard InChI is InChI=1S/C21H25N5O3/c1-4-28-19-10-16-17(11-20(19)29-5-2)22-7-6-18(16)25-8-9-26(21(27)14-25)15-12-23-24(3)13-15/h6-7,10-13H,4-5,8-9,14H2,1-3H3. The van der Waals surface area contributed by atoms with Crippen LogP contribution in [0.2, 0.25) is 0 Å². The molecule has 0 N–H and O–H groups in total. The summed E-state index contributed by atoms with van der Waals surface area (Å²) in [6, 6.07) is 5.82. The highest BCUT2D eigenvalue weighted by Crippen LogP contribution is 2.36. The number of rotatable bonds is 6. The van der Waals surface area contributed by atoms with Gasteiger partial charge < -0.3 is 19.3 Å². The molecule has 2 aromatic heterocycles. The number of piperazine rings is 1. The van der Waals surface area contributed by atoms with Crippen LogP contribution in [0.15, 0.2) is 36.8 Å². The highest BCUT2D eigenvalue weighted by Gasteiger charge is 2.27. The van der Waals surface area contributed by atoms with E-state index >= 15 is 0 Å². The number of hydrogen-bond acceptors (Lipinski definition) is 6. The molecule has 0 saturated carbocycles. The lowest BCUT2D eigenvalue weighted by Gasteiger charge is -2.35. The summed E-state index contributed by atoms with van der Waals surface area (Å²) < 4.78 is 13.2. The van der Waals surface area contributed by atoms with Gasteiger partial charge in [-0.05, 0) is 26.0 Å². The quantitative estimate of drug-likeness (QED) is 0.639. The van der Waals surface area contributed by atoms with E-state index in [1.807, 2.05) is 45.3 Å². The molecule has 29 heavy (non-hydrogen) atoms. The molecule has 8 heteroatoms. The minimum atomic E-state index is 0.0465. The predicted molar refractivity (Wildman–Crippen MR) is 112 cm³/mol. The first-order valence-corrected chi connectivity index (χ1v) is 9.83. The lowest BCUT2D eigenvalue weighted by atomic mass is 10.1.